The highest BCUT2D eigenvalue weighted by Gasteiger charge is 2.10. The van der Waals surface area contributed by atoms with Gasteiger partial charge in [0.15, 0.2) is 0 Å². The summed E-state index contributed by atoms with van der Waals surface area (Å²) in [5.41, 5.74) is 5.12. The van der Waals surface area contributed by atoms with Crippen molar-refractivity contribution in [2.24, 2.45) is 5.73 Å². The van der Waals surface area contributed by atoms with Gasteiger partial charge in [0.25, 0.3) is 0 Å². The van der Waals surface area contributed by atoms with Crippen LogP contribution >= 0.6 is 0 Å². The molecule has 6 heteroatoms. The maximum atomic E-state index is 10.7. The van der Waals surface area contributed by atoms with E-state index in [1.54, 1.807) is 11.0 Å². The largest absolute Gasteiger partial charge is 0.481 e. The highest BCUT2D eigenvalue weighted by molar-refractivity contribution is 5.71. The van der Waals surface area contributed by atoms with E-state index in [1.165, 1.54) is 12.8 Å². The van der Waals surface area contributed by atoms with Crippen molar-refractivity contribution < 1.29 is 14.7 Å². The Labute approximate surface area is 127 Å². The average Bonchev–Trinajstić information content (AvgIpc) is 2.73. The van der Waals surface area contributed by atoms with E-state index in [4.69, 9.17) is 10.8 Å². The molecule has 1 heterocycles. The number of carbonyl (C=O) groups excluding carboxylic acids is 1. The number of likely N-dealkylation sites (N-methyl/N-ethyl adjacent to an activating group) is 1. The molecular weight excluding hydrogens is 270 g/mol. The van der Waals surface area contributed by atoms with Gasteiger partial charge in [-0.3, -0.25) is 9.69 Å². The third-order valence-corrected chi connectivity index (χ3v) is 3.39. The first-order chi connectivity index (χ1) is 10.0. The molecule has 0 bridgehead atoms. The van der Waals surface area contributed by atoms with Crippen LogP contribution in [-0.2, 0) is 4.79 Å². The van der Waals surface area contributed by atoms with Crippen molar-refractivity contribution in [3.63, 3.8) is 0 Å². The van der Waals surface area contributed by atoms with Gasteiger partial charge in [-0.05, 0) is 19.4 Å². The Morgan fingerprint density at radius 3 is 2.24 bits per heavy atom. The Morgan fingerprint density at radius 2 is 1.86 bits per heavy atom. The van der Waals surface area contributed by atoms with Crippen LogP contribution < -0.4 is 5.73 Å². The Hall–Kier alpha value is -1.56. The third-order valence-electron chi connectivity index (χ3n) is 3.39. The molecule has 0 aromatic rings. The minimum atomic E-state index is -0.743. The molecule has 21 heavy (non-hydrogen) atoms. The van der Waals surface area contributed by atoms with Gasteiger partial charge >= 0.3 is 12.0 Å². The van der Waals surface area contributed by atoms with E-state index >= 15 is 0 Å². The number of carbonyl (C=O) groups is 2. The summed E-state index contributed by atoms with van der Waals surface area (Å²) >= 11 is 0. The van der Waals surface area contributed by atoms with Crippen molar-refractivity contribution in [2.45, 2.75) is 39.0 Å². The summed E-state index contributed by atoms with van der Waals surface area (Å²) in [6.07, 6.45) is 6.70. The Morgan fingerprint density at radius 1 is 1.29 bits per heavy atom. The van der Waals surface area contributed by atoms with Gasteiger partial charge in [0.1, 0.15) is 0 Å². The zero-order valence-corrected chi connectivity index (χ0v) is 13.1. The summed E-state index contributed by atoms with van der Waals surface area (Å²) in [7, 11) is 0. The highest BCUT2D eigenvalue weighted by Crippen LogP contribution is 2.08. The van der Waals surface area contributed by atoms with Crippen LogP contribution in [0, 0.1) is 0 Å². The highest BCUT2D eigenvalue weighted by atomic mass is 16.4. The summed E-state index contributed by atoms with van der Waals surface area (Å²) in [5.74, 6) is -0.743. The first kappa shape index (κ1) is 19.4. The van der Waals surface area contributed by atoms with Crippen LogP contribution in [0.3, 0.4) is 0 Å². The second kappa shape index (κ2) is 12.2. The average molecular weight is 299 g/mol. The minimum Gasteiger partial charge on any atom is -0.481 e. The quantitative estimate of drug-likeness (QED) is 0.733. The molecule has 2 amide bonds. The molecule has 122 valence electrons. The summed E-state index contributed by atoms with van der Waals surface area (Å²) in [6, 6.07) is -0.262. The Balaban J connectivity index is 0.000000382. The second-order valence-electron chi connectivity index (χ2n) is 5.07. The van der Waals surface area contributed by atoms with Gasteiger partial charge in [-0.25, -0.2) is 4.79 Å². The predicted octanol–water partition coefficient (Wildman–Crippen LogP) is 1.91. The number of rotatable bonds is 6. The molecule has 0 saturated carbocycles. The van der Waals surface area contributed by atoms with E-state index < -0.39 is 5.97 Å². The van der Waals surface area contributed by atoms with Crippen LogP contribution in [0.5, 0.6) is 0 Å². The standard InChI is InChI=1S/C8H15NO2.C7H14N2O/c1-3-6-9(4-2)7-5-8(10)11;8-7(10)9-5-3-1-2-4-6-9/h3H,1,4-7H2,2H3,(H,10,11);1-6H2,(H2,8,10). The van der Waals surface area contributed by atoms with E-state index in [0.29, 0.717) is 6.54 Å². The Kier molecular flexibility index (Phi) is 11.3. The van der Waals surface area contributed by atoms with Gasteiger partial charge < -0.3 is 15.7 Å². The summed E-state index contributed by atoms with van der Waals surface area (Å²) in [4.78, 5) is 24.6. The first-order valence-corrected chi connectivity index (χ1v) is 7.60. The monoisotopic (exact) mass is 299 g/mol. The van der Waals surface area contributed by atoms with Gasteiger partial charge in [0, 0.05) is 26.2 Å². The molecule has 0 aliphatic carbocycles. The van der Waals surface area contributed by atoms with Crippen LogP contribution in [0.4, 0.5) is 4.79 Å². The van der Waals surface area contributed by atoms with Crippen molar-refractivity contribution in [3.05, 3.63) is 12.7 Å². The van der Waals surface area contributed by atoms with Crippen molar-refractivity contribution in [2.75, 3.05) is 32.7 Å². The predicted molar refractivity (Wildman–Crippen MR) is 84.2 cm³/mol. The second-order valence-corrected chi connectivity index (χ2v) is 5.07. The van der Waals surface area contributed by atoms with Gasteiger partial charge in [-0.2, -0.15) is 0 Å². The molecule has 1 saturated heterocycles. The molecule has 1 aliphatic rings. The van der Waals surface area contributed by atoms with Crippen molar-refractivity contribution in [1.29, 1.82) is 0 Å². The van der Waals surface area contributed by atoms with E-state index in [-0.39, 0.29) is 12.5 Å². The van der Waals surface area contributed by atoms with Crippen LogP contribution in [-0.4, -0.2) is 59.6 Å². The molecule has 1 rings (SSSR count). The molecule has 0 aromatic carbocycles. The number of hydrogen-bond donors (Lipinski definition) is 2. The van der Waals surface area contributed by atoms with E-state index in [0.717, 1.165) is 39.0 Å². The summed E-state index contributed by atoms with van der Waals surface area (Å²) in [6.45, 7) is 9.56. The first-order valence-electron chi connectivity index (χ1n) is 7.60. The van der Waals surface area contributed by atoms with Crippen LogP contribution in [0.15, 0.2) is 12.7 Å². The zero-order valence-electron chi connectivity index (χ0n) is 13.1. The molecule has 1 fully saturated rings. The number of nitrogens with zero attached hydrogens (tertiary/aromatic N) is 2. The maximum absolute atomic E-state index is 10.7. The topological polar surface area (TPSA) is 86.9 Å². The lowest BCUT2D eigenvalue weighted by Gasteiger charge is -2.16. The molecule has 1 aliphatic heterocycles. The van der Waals surface area contributed by atoms with Crippen molar-refractivity contribution in [3.8, 4) is 0 Å². The van der Waals surface area contributed by atoms with Gasteiger partial charge in [0.05, 0.1) is 6.42 Å². The molecule has 0 radical (unpaired) electrons. The number of hydrogen-bond acceptors (Lipinski definition) is 3. The minimum absolute atomic E-state index is 0.210. The summed E-state index contributed by atoms with van der Waals surface area (Å²) < 4.78 is 0. The van der Waals surface area contributed by atoms with Gasteiger partial charge in [-0.15, -0.1) is 6.58 Å². The fourth-order valence-electron chi connectivity index (χ4n) is 2.11. The number of carboxylic acids is 1. The molecule has 0 atom stereocenters. The number of likely N-dealkylation sites (tertiary alicyclic amines) is 1. The molecular formula is C15H29N3O3. The van der Waals surface area contributed by atoms with Crippen molar-refractivity contribution in [1.82, 2.24) is 9.80 Å². The van der Waals surface area contributed by atoms with E-state index in [1.807, 2.05) is 11.8 Å². The van der Waals surface area contributed by atoms with Crippen LogP contribution in [0.2, 0.25) is 0 Å². The molecule has 3 N–H and O–H groups in total. The number of amides is 2. The van der Waals surface area contributed by atoms with Crippen molar-refractivity contribution >= 4 is 12.0 Å². The number of carboxylic acid groups (broad SMARTS) is 1. The van der Waals surface area contributed by atoms with E-state index in [2.05, 4.69) is 6.58 Å². The molecule has 0 aromatic heterocycles. The van der Waals surface area contributed by atoms with Gasteiger partial charge in [0.2, 0.25) is 0 Å². The lowest BCUT2D eigenvalue weighted by molar-refractivity contribution is -0.137. The summed E-state index contributed by atoms with van der Waals surface area (Å²) in [5, 5.41) is 8.37. The normalized spacial score (nSPS) is 14.9. The smallest absolute Gasteiger partial charge is 0.314 e. The zero-order chi connectivity index (χ0) is 16.1. The number of aliphatic carboxylic acids is 1. The third kappa shape index (κ3) is 10.8. The lowest BCUT2D eigenvalue weighted by atomic mass is 10.2. The molecule has 0 unspecified atom stereocenters. The Bertz CT molecular complexity index is 313. The van der Waals surface area contributed by atoms with Gasteiger partial charge in [-0.1, -0.05) is 25.8 Å². The number of urea groups is 1. The number of nitrogens with two attached hydrogens (primary N) is 1. The lowest BCUT2D eigenvalue weighted by Crippen LogP contribution is -2.36. The SMILES string of the molecule is C=CCN(CC)CCC(=O)O.NC(=O)N1CCCCCC1. The molecule has 6 nitrogen and oxygen atoms in total. The van der Waals surface area contributed by atoms with Crippen LogP contribution in [0.1, 0.15) is 39.0 Å². The molecule has 0 spiro atoms. The fraction of sp³-hybridized carbons (Fsp3) is 0.733. The van der Waals surface area contributed by atoms with E-state index in [9.17, 15) is 9.59 Å². The fourth-order valence-corrected chi connectivity index (χ4v) is 2.11. The number of primary amides is 1. The maximum Gasteiger partial charge on any atom is 0.314 e. The van der Waals surface area contributed by atoms with Crippen LogP contribution in [0.25, 0.3) is 0 Å².